The maximum absolute atomic E-state index is 13.1. The Morgan fingerprint density at radius 3 is 2.32 bits per heavy atom. The summed E-state index contributed by atoms with van der Waals surface area (Å²) in [5, 5.41) is 3.24. The Morgan fingerprint density at radius 2 is 1.82 bits per heavy atom. The van der Waals surface area contributed by atoms with E-state index in [1.807, 2.05) is 6.92 Å². The molecule has 156 valence electrons. The lowest BCUT2D eigenvalue weighted by Gasteiger charge is -2.39. The van der Waals surface area contributed by atoms with Crippen molar-refractivity contribution in [3.63, 3.8) is 0 Å². The first kappa shape index (κ1) is 21.3. The smallest absolute Gasteiger partial charge is 0.251 e. The van der Waals surface area contributed by atoms with E-state index in [0.717, 1.165) is 18.4 Å². The third-order valence-electron chi connectivity index (χ3n) is 7.30. The average molecular weight is 407 g/mol. The molecule has 1 aromatic rings. The first-order valence-corrected chi connectivity index (χ1v) is 11.6. The van der Waals surface area contributed by atoms with Crippen LogP contribution < -0.4 is 10.0 Å². The van der Waals surface area contributed by atoms with Crippen LogP contribution in [0.25, 0.3) is 0 Å². The Morgan fingerprint density at radius 1 is 1.18 bits per heavy atom. The third-order valence-corrected chi connectivity index (χ3v) is 9.06. The highest BCUT2D eigenvalue weighted by Gasteiger charge is 2.61. The molecule has 0 aromatic heterocycles. The van der Waals surface area contributed by atoms with E-state index in [-0.39, 0.29) is 27.7 Å². The van der Waals surface area contributed by atoms with Crippen molar-refractivity contribution in [2.45, 2.75) is 84.2 Å². The monoisotopic (exact) mass is 406 g/mol. The van der Waals surface area contributed by atoms with Crippen molar-refractivity contribution in [3.05, 3.63) is 29.3 Å². The Hall–Kier alpha value is -1.40. The van der Waals surface area contributed by atoms with Crippen LogP contribution in [0.4, 0.5) is 0 Å². The second-order valence-corrected chi connectivity index (χ2v) is 12.2. The predicted molar refractivity (Wildman–Crippen MR) is 112 cm³/mol. The molecule has 2 aliphatic carbocycles. The minimum Gasteiger partial charge on any atom is -0.349 e. The number of aryl methyl sites for hydroxylation is 1. The van der Waals surface area contributed by atoms with Gasteiger partial charge in [0.1, 0.15) is 0 Å². The molecule has 0 saturated heterocycles. The van der Waals surface area contributed by atoms with E-state index in [2.05, 4.69) is 30.8 Å². The summed E-state index contributed by atoms with van der Waals surface area (Å²) in [5.74, 6) is 0.450. The highest BCUT2D eigenvalue weighted by atomic mass is 32.2. The highest BCUT2D eigenvalue weighted by Crippen LogP contribution is 2.65. The number of benzene rings is 1. The molecule has 2 fully saturated rings. The van der Waals surface area contributed by atoms with Crippen LogP contribution in [0.1, 0.15) is 76.7 Å². The van der Waals surface area contributed by atoms with E-state index in [9.17, 15) is 13.2 Å². The van der Waals surface area contributed by atoms with E-state index in [0.29, 0.717) is 11.5 Å². The molecule has 2 N–H and O–H groups in total. The molecular weight excluding hydrogens is 372 g/mol. The van der Waals surface area contributed by atoms with E-state index in [1.165, 1.54) is 12.5 Å². The van der Waals surface area contributed by atoms with Gasteiger partial charge in [-0.05, 0) is 81.4 Å². The molecule has 2 saturated carbocycles. The lowest BCUT2D eigenvalue weighted by Crippen LogP contribution is -2.47. The van der Waals surface area contributed by atoms with Crippen molar-refractivity contribution in [2.75, 3.05) is 0 Å². The maximum Gasteiger partial charge on any atom is 0.251 e. The van der Waals surface area contributed by atoms with Gasteiger partial charge in [-0.1, -0.05) is 26.8 Å². The summed E-state index contributed by atoms with van der Waals surface area (Å²) in [6.07, 6.45) is 3.34. The number of hydrogen-bond donors (Lipinski definition) is 2. The average Bonchev–Trinajstić information content (AvgIpc) is 2.86. The molecule has 1 amide bonds. The minimum absolute atomic E-state index is 0.0821. The number of fused-ring (bicyclic) bond motifs is 2. The van der Waals surface area contributed by atoms with Crippen molar-refractivity contribution >= 4 is 15.9 Å². The Balaban J connectivity index is 1.86. The second-order valence-electron chi connectivity index (χ2n) is 10.5. The molecule has 0 spiro atoms. The zero-order valence-corrected chi connectivity index (χ0v) is 19.0. The third kappa shape index (κ3) is 3.50. The second kappa shape index (κ2) is 6.56. The Labute approximate surface area is 169 Å². The van der Waals surface area contributed by atoms with Crippen LogP contribution in [-0.2, 0) is 10.0 Å². The van der Waals surface area contributed by atoms with Gasteiger partial charge in [0.25, 0.3) is 5.91 Å². The summed E-state index contributed by atoms with van der Waals surface area (Å²) in [6, 6.07) is 4.89. The van der Waals surface area contributed by atoms with Crippen LogP contribution in [0, 0.1) is 23.7 Å². The predicted octanol–water partition coefficient (Wildman–Crippen LogP) is 4.02. The number of amides is 1. The van der Waals surface area contributed by atoms with Crippen LogP contribution >= 0.6 is 0 Å². The van der Waals surface area contributed by atoms with Gasteiger partial charge in [0.2, 0.25) is 10.0 Å². The zero-order valence-electron chi connectivity index (χ0n) is 18.1. The molecule has 0 aliphatic heterocycles. The molecule has 2 aliphatic rings. The molecule has 2 bridgehead atoms. The van der Waals surface area contributed by atoms with Crippen LogP contribution in [0.2, 0.25) is 0 Å². The van der Waals surface area contributed by atoms with E-state index in [4.69, 9.17) is 0 Å². The van der Waals surface area contributed by atoms with Crippen LogP contribution in [0.5, 0.6) is 0 Å². The van der Waals surface area contributed by atoms with Gasteiger partial charge in [-0.15, -0.1) is 0 Å². The summed E-state index contributed by atoms with van der Waals surface area (Å²) in [6.45, 7) is 14.1. The van der Waals surface area contributed by atoms with Crippen molar-refractivity contribution in [3.8, 4) is 0 Å². The summed E-state index contributed by atoms with van der Waals surface area (Å²) in [5.41, 5.74) is 0.913. The standard InChI is InChI=1S/C22H34N2O3S/c1-14-8-9-16(28(26,27)24-20(2,3)4)13-17(14)19(25)23-18-12-15-10-11-22(18,7)21(15,5)6/h8-9,13,15,18,24H,10-12H2,1-7H3,(H,23,25). The molecule has 3 rings (SSSR count). The van der Waals surface area contributed by atoms with E-state index >= 15 is 0 Å². The van der Waals surface area contributed by atoms with Crippen LogP contribution in [0.15, 0.2) is 23.1 Å². The fourth-order valence-electron chi connectivity index (χ4n) is 5.13. The van der Waals surface area contributed by atoms with Gasteiger partial charge in [0.05, 0.1) is 4.90 Å². The summed E-state index contributed by atoms with van der Waals surface area (Å²) < 4.78 is 28.0. The van der Waals surface area contributed by atoms with E-state index in [1.54, 1.807) is 32.9 Å². The van der Waals surface area contributed by atoms with Gasteiger partial charge < -0.3 is 5.32 Å². The lowest BCUT2D eigenvalue weighted by atomic mass is 9.69. The fourth-order valence-corrected chi connectivity index (χ4v) is 6.58. The van der Waals surface area contributed by atoms with Crippen LogP contribution in [-0.4, -0.2) is 25.9 Å². The SMILES string of the molecule is Cc1ccc(S(=O)(=O)NC(C)(C)C)cc1C(=O)NC1CC2CCC1(C)C2(C)C. The quantitative estimate of drug-likeness (QED) is 0.793. The first-order valence-electron chi connectivity index (χ1n) is 10.1. The number of nitrogens with one attached hydrogen (secondary N) is 2. The van der Waals surface area contributed by atoms with Crippen molar-refractivity contribution < 1.29 is 13.2 Å². The maximum atomic E-state index is 13.1. The van der Waals surface area contributed by atoms with Crippen LogP contribution in [0.3, 0.4) is 0 Å². The molecule has 6 heteroatoms. The number of hydrogen-bond acceptors (Lipinski definition) is 3. The lowest BCUT2D eigenvalue weighted by molar-refractivity contribution is 0.0825. The number of rotatable bonds is 4. The normalized spacial score (nSPS) is 29.1. The van der Waals surface area contributed by atoms with Gasteiger partial charge in [-0.2, -0.15) is 0 Å². The Bertz CT molecular complexity index is 899. The largest absolute Gasteiger partial charge is 0.349 e. The van der Waals surface area contributed by atoms with Crippen molar-refractivity contribution in [1.82, 2.24) is 10.0 Å². The van der Waals surface area contributed by atoms with E-state index < -0.39 is 15.6 Å². The van der Waals surface area contributed by atoms with Gasteiger partial charge in [-0.25, -0.2) is 13.1 Å². The molecular formula is C22H34N2O3S. The van der Waals surface area contributed by atoms with Crippen molar-refractivity contribution in [1.29, 1.82) is 0 Å². The molecule has 3 atom stereocenters. The van der Waals surface area contributed by atoms with Gasteiger partial charge in [0, 0.05) is 17.1 Å². The molecule has 5 nitrogen and oxygen atoms in total. The Kier molecular flexibility index (Phi) is 4.99. The van der Waals surface area contributed by atoms with Gasteiger partial charge in [0.15, 0.2) is 0 Å². The molecule has 3 unspecified atom stereocenters. The summed E-state index contributed by atoms with van der Waals surface area (Å²) >= 11 is 0. The molecule has 1 aromatic carbocycles. The molecule has 28 heavy (non-hydrogen) atoms. The molecule has 0 heterocycles. The summed E-state index contributed by atoms with van der Waals surface area (Å²) in [7, 11) is -3.69. The number of sulfonamides is 1. The topological polar surface area (TPSA) is 75.3 Å². The summed E-state index contributed by atoms with van der Waals surface area (Å²) in [4.78, 5) is 13.2. The first-order chi connectivity index (χ1) is 12.7. The minimum atomic E-state index is -3.69. The fraction of sp³-hybridized carbons (Fsp3) is 0.682. The highest BCUT2D eigenvalue weighted by molar-refractivity contribution is 7.89. The molecule has 0 radical (unpaired) electrons. The van der Waals surface area contributed by atoms with Crippen molar-refractivity contribution in [2.24, 2.45) is 16.7 Å². The van der Waals surface area contributed by atoms with Gasteiger partial charge in [-0.3, -0.25) is 4.79 Å². The number of carbonyl (C=O) groups excluding carboxylic acids is 1. The number of carbonyl (C=O) groups is 1. The zero-order chi connectivity index (χ0) is 21.1. The van der Waals surface area contributed by atoms with Gasteiger partial charge >= 0.3 is 0 Å².